The van der Waals surface area contributed by atoms with Gasteiger partial charge < -0.3 is 10.1 Å². The van der Waals surface area contributed by atoms with Gasteiger partial charge in [-0.1, -0.05) is 36.8 Å². The zero-order valence-corrected chi connectivity index (χ0v) is 21.2. The summed E-state index contributed by atoms with van der Waals surface area (Å²) in [4.78, 5) is 39.7. The Bertz CT molecular complexity index is 1500. The predicted molar refractivity (Wildman–Crippen MR) is 140 cm³/mol. The lowest BCUT2D eigenvalue weighted by atomic mass is 10.0. The lowest BCUT2D eigenvalue weighted by Crippen LogP contribution is -2.34. The molecule has 0 spiro atoms. The Morgan fingerprint density at radius 1 is 1.03 bits per heavy atom. The molecule has 2 heterocycles. The fourth-order valence-corrected chi connectivity index (χ4v) is 4.61. The molecule has 1 unspecified atom stereocenters. The van der Waals surface area contributed by atoms with Crippen LogP contribution in [0.3, 0.4) is 0 Å². The largest absolute Gasteiger partial charge is 0.462 e. The molecule has 36 heavy (non-hydrogen) atoms. The van der Waals surface area contributed by atoms with Crippen molar-refractivity contribution in [1.29, 1.82) is 0 Å². The minimum absolute atomic E-state index is 0.136. The molecule has 4 rings (SSSR count). The third kappa shape index (κ3) is 4.54. The van der Waals surface area contributed by atoms with Gasteiger partial charge in [0, 0.05) is 11.5 Å². The number of esters is 1. The lowest BCUT2D eigenvalue weighted by Gasteiger charge is -2.23. The first-order chi connectivity index (χ1) is 17.3. The summed E-state index contributed by atoms with van der Waals surface area (Å²) in [6.45, 7) is 9.60. The summed E-state index contributed by atoms with van der Waals surface area (Å²) in [5.41, 5.74) is 4.14. The van der Waals surface area contributed by atoms with Crippen molar-refractivity contribution < 1.29 is 14.3 Å². The number of carbonyl (C=O) groups excluding carboxylic acids is 2. The second-order valence-corrected chi connectivity index (χ2v) is 8.80. The quantitative estimate of drug-likeness (QED) is 0.376. The highest BCUT2D eigenvalue weighted by atomic mass is 16.5. The minimum atomic E-state index is -0.809. The smallest absolute Gasteiger partial charge is 0.343 e. The molecule has 0 saturated carbocycles. The van der Waals surface area contributed by atoms with Gasteiger partial charge in [-0.15, -0.1) is 0 Å². The maximum absolute atomic E-state index is 13.8. The van der Waals surface area contributed by atoms with Gasteiger partial charge in [-0.05, 0) is 63.4 Å². The molecule has 8 heteroatoms. The summed E-state index contributed by atoms with van der Waals surface area (Å²) in [7, 11) is 0. The fraction of sp³-hybridized carbons (Fsp3) is 0.286. The summed E-state index contributed by atoms with van der Waals surface area (Å²) >= 11 is 0. The highest BCUT2D eigenvalue weighted by molar-refractivity contribution is 6.02. The van der Waals surface area contributed by atoms with E-state index in [1.54, 1.807) is 17.6 Å². The third-order valence-corrected chi connectivity index (χ3v) is 6.20. The highest BCUT2D eigenvalue weighted by Crippen LogP contribution is 2.28. The zero-order chi connectivity index (χ0) is 26.0. The standard InChI is InChI=1S/C28H30N4O4/c1-6-23(31-24(33)15-18(4)21-14-17(3)13-19(5)25(21)31)27(34)30-26-22(28(35)36-7-2)16-29-32(26)20-11-9-8-10-12-20/h8-16,23H,6-7H2,1-5H3,(H,30,34). The molecular weight excluding hydrogens is 456 g/mol. The van der Waals surface area contributed by atoms with Crippen molar-refractivity contribution in [3.8, 4) is 5.69 Å². The molecule has 0 aliphatic carbocycles. The molecule has 0 radical (unpaired) electrons. The molecule has 186 valence electrons. The number of aromatic nitrogens is 3. The Morgan fingerprint density at radius 2 is 1.75 bits per heavy atom. The van der Waals surface area contributed by atoms with Gasteiger partial charge in [0.05, 0.1) is 24.0 Å². The normalized spacial score (nSPS) is 11.9. The number of pyridine rings is 1. The molecule has 2 aromatic heterocycles. The van der Waals surface area contributed by atoms with Crippen molar-refractivity contribution in [2.75, 3.05) is 11.9 Å². The maximum atomic E-state index is 13.8. The molecule has 0 aliphatic rings. The van der Waals surface area contributed by atoms with Crippen molar-refractivity contribution >= 4 is 28.6 Å². The van der Waals surface area contributed by atoms with Crippen LogP contribution < -0.4 is 10.9 Å². The van der Waals surface area contributed by atoms with E-state index in [0.29, 0.717) is 12.1 Å². The molecule has 1 N–H and O–H groups in total. The number of anilines is 1. The van der Waals surface area contributed by atoms with E-state index >= 15 is 0 Å². The van der Waals surface area contributed by atoms with Gasteiger partial charge in [-0.3, -0.25) is 14.2 Å². The lowest BCUT2D eigenvalue weighted by molar-refractivity contribution is -0.119. The average molecular weight is 487 g/mol. The number of nitrogens with zero attached hydrogens (tertiary/aromatic N) is 3. The van der Waals surface area contributed by atoms with Crippen molar-refractivity contribution in [2.45, 2.75) is 47.1 Å². The summed E-state index contributed by atoms with van der Waals surface area (Å²) in [6, 6.07) is 14.0. The Hall–Kier alpha value is -4.20. The van der Waals surface area contributed by atoms with Crippen LogP contribution >= 0.6 is 0 Å². The van der Waals surface area contributed by atoms with E-state index in [9.17, 15) is 14.4 Å². The Labute approximate surface area is 209 Å². The van der Waals surface area contributed by atoms with E-state index in [1.165, 1.54) is 10.9 Å². The first-order valence-electron chi connectivity index (χ1n) is 12.0. The van der Waals surface area contributed by atoms with Crippen LogP contribution in [0.25, 0.3) is 16.6 Å². The molecule has 2 aromatic carbocycles. The van der Waals surface area contributed by atoms with E-state index in [-0.39, 0.29) is 23.5 Å². The number of benzene rings is 2. The van der Waals surface area contributed by atoms with Gasteiger partial charge in [0.2, 0.25) is 5.91 Å². The summed E-state index contributed by atoms with van der Waals surface area (Å²) in [5.74, 6) is -0.819. The van der Waals surface area contributed by atoms with Crippen LogP contribution in [-0.4, -0.2) is 32.8 Å². The number of hydrogen-bond donors (Lipinski definition) is 1. The number of amides is 1. The molecule has 0 aliphatic heterocycles. The van der Waals surface area contributed by atoms with Gasteiger partial charge >= 0.3 is 5.97 Å². The van der Waals surface area contributed by atoms with E-state index in [4.69, 9.17) is 4.74 Å². The molecule has 1 amide bonds. The Morgan fingerprint density at radius 3 is 2.42 bits per heavy atom. The number of ether oxygens (including phenoxy) is 1. The number of para-hydroxylation sites is 1. The topological polar surface area (TPSA) is 95.2 Å². The van der Waals surface area contributed by atoms with Crippen LogP contribution in [0.4, 0.5) is 5.82 Å². The predicted octanol–water partition coefficient (Wildman–Crippen LogP) is 4.88. The monoisotopic (exact) mass is 486 g/mol. The number of hydrogen-bond acceptors (Lipinski definition) is 5. The number of aryl methyl sites for hydroxylation is 3. The first kappa shape index (κ1) is 24.9. The molecule has 0 saturated heterocycles. The third-order valence-electron chi connectivity index (χ3n) is 6.20. The fourth-order valence-electron chi connectivity index (χ4n) is 4.61. The molecule has 8 nitrogen and oxygen atoms in total. The summed E-state index contributed by atoms with van der Waals surface area (Å²) in [6.07, 6.45) is 1.74. The summed E-state index contributed by atoms with van der Waals surface area (Å²) < 4.78 is 8.23. The van der Waals surface area contributed by atoms with Gasteiger partial charge in [-0.2, -0.15) is 5.10 Å². The number of rotatable bonds is 7. The van der Waals surface area contributed by atoms with Gasteiger partial charge in [-0.25, -0.2) is 9.48 Å². The van der Waals surface area contributed by atoms with Crippen LogP contribution in [0.5, 0.6) is 0 Å². The van der Waals surface area contributed by atoms with Crippen LogP contribution in [0.1, 0.15) is 53.4 Å². The Balaban J connectivity index is 1.84. The number of nitrogens with one attached hydrogen (secondary N) is 1. The first-order valence-corrected chi connectivity index (χ1v) is 12.0. The van der Waals surface area contributed by atoms with E-state index < -0.39 is 17.9 Å². The summed E-state index contributed by atoms with van der Waals surface area (Å²) in [5, 5.41) is 8.15. The van der Waals surface area contributed by atoms with E-state index in [2.05, 4.69) is 10.4 Å². The van der Waals surface area contributed by atoms with Crippen molar-refractivity contribution in [3.63, 3.8) is 0 Å². The molecular formula is C28H30N4O4. The van der Waals surface area contributed by atoms with E-state index in [1.807, 2.05) is 70.2 Å². The average Bonchev–Trinajstić information content (AvgIpc) is 3.26. The van der Waals surface area contributed by atoms with Crippen LogP contribution in [0.2, 0.25) is 0 Å². The molecule has 1 atom stereocenters. The van der Waals surface area contributed by atoms with Gasteiger partial charge in [0.1, 0.15) is 11.6 Å². The minimum Gasteiger partial charge on any atom is -0.462 e. The second kappa shape index (κ2) is 10.2. The Kier molecular flexibility index (Phi) is 7.05. The van der Waals surface area contributed by atoms with Crippen molar-refractivity contribution in [2.24, 2.45) is 0 Å². The van der Waals surface area contributed by atoms with Gasteiger partial charge in [0.15, 0.2) is 5.82 Å². The SMILES string of the molecule is CCOC(=O)c1cnn(-c2ccccc2)c1NC(=O)C(CC)n1c(=O)cc(C)c2cc(C)cc(C)c21. The van der Waals surface area contributed by atoms with Crippen molar-refractivity contribution in [1.82, 2.24) is 14.3 Å². The highest BCUT2D eigenvalue weighted by Gasteiger charge is 2.27. The van der Waals surface area contributed by atoms with Crippen LogP contribution in [0.15, 0.2) is 59.5 Å². The van der Waals surface area contributed by atoms with Gasteiger partial charge in [0.25, 0.3) is 5.56 Å². The van der Waals surface area contributed by atoms with Crippen LogP contribution in [0, 0.1) is 20.8 Å². The molecule has 0 fully saturated rings. The van der Waals surface area contributed by atoms with E-state index in [0.717, 1.165) is 27.6 Å². The molecule has 0 bridgehead atoms. The number of fused-ring (bicyclic) bond motifs is 1. The zero-order valence-electron chi connectivity index (χ0n) is 21.2. The molecule has 4 aromatic rings. The maximum Gasteiger partial charge on any atom is 0.343 e. The van der Waals surface area contributed by atoms with Crippen LogP contribution in [-0.2, 0) is 9.53 Å². The number of carbonyl (C=O) groups is 2. The van der Waals surface area contributed by atoms with Crippen molar-refractivity contribution in [3.05, 3.63) is 87.3 Å². The second-order valence-electron chi connectivity index (χ2n) is 8.80.